The molecule has 0 aliphatic carbocycles. The van der Waals surface area contributed by atoms with Crippen LogP contribution in [0.2, 0.25) is 0 Å². The van der Waals surface area contributed by atoms with Crippen LogP contribution >= 0.6 is 0 Å². The van der Waals surface area contributed by atoms with E-state index in [1.165, 1.54) is 53.5 Å². The van der Waals surface area contributed by atoms with Crippen molar-refractivity contribution >= 4 is 11.1 Å². The Morgan fingerprint density at radius 1 is 0.703 bits per heavy atom. The van der Waals surface area contributed by atoms with Gasteiger partial charge in [-0.15, -0.1) is 0 Å². The van der Waals surface area contributed by atoms with Gasteiger partial charge in [0.05, 0.1) is 0 Å². The maximum atomic E-state index is 8.94. The number of rotatable bonds is 16. The third-order valence-corrected chi connectivity index (χ3v) is 6.43. The van der Waals surface area contributed by atoms with Crippen molar-refractivity contribution < 1.29 is 9.84 Å². The highest BCUT2D eigenvalue weighted by atomic mass is 16.5. The summed E-state index contributed by atoms with van der Waals surface area (Å²) in [6, 6.07) is 29.9. The van der Waals surface area contributed by atoms with Crippen LogP contribution in [0.5, 0.6) is 5.75 Å². The van der Waals surface area contributed by atoms with Crippen molar-refractivity contribution in [2.45, 2.75) is 44.9 Å². The molecule has 3 rings (SSSR count). The second kappa shape index (κ2) is 16.6. The van der Waals surface area contributed by atoms with E-state index >= 15 is 0 Å². The molecule has 196 valence electrons. The van der Waals surface area contributed by atoms with Crippen molar-refractivity contribution in [3.63, 3.8) is 0 Å². The van der Waals surface area contributed by atoms with Gasteiger partial charge in [-0.1, -0.05) is 111 Å². The summed E-state index contributed by atoms with van der Waals surface area (Å²) in [5, 5.41) is 8.94. The van der Waals surface area contributed by atoms with E-state index in [0.29, 0.717) is 13.2 Å². The zero-order valence-corrected chi connectivity index (χ0v) is 22.6. The van der Waals surface area contributed by atoms with Gasteiger partial charge in [-0.25, -0.2) is 0 Å². The minimum atomic E-state index is 0.313. The number of aliphatic hydroxyl groups excluding tert-OH is 1. The summed E-state index contributed by atoms with van der Waals surface area (Å²) < 4.78 is 5.95. The first-order valence-corrected chi connectivity index (χ1v) is 13.7. The van der Waals surface area contributed by atoms with E-state index in [1.54, 1.807) is 0 Å². The average Bonchev–Trinajstić information content (AvgIpc) is 2.93. The summed E-state index contributed by atoms with van der Waals surface area (Å²) in [6.07, 6.45) is 12.7. The molecule has 0 spiro atoms. The number of aliphatic hydroxyl groups is 1. The second-order valence-electron chi connectivity index (χ2n) is 9.73. The van der Waals surface area contributed by atoms with Gasteiger partial charge in [-0.3, -0.25) is 0 Å². The van der Waals surface area contributed by atoms with Crippen LogP contribution < -0.4 is 4.74 Å². The van der Waals surface area contributed by atoms with Gasteiger partial charge in [0, 0.05) is 13.2 Å². The molecule has 0 amide bonds. The van der Waals surface area contributed by atoms with Crippen molar-refractivity contribution in [3.05, 3.63) is 114 Å². The van der Waals surface area contributed by atoms with Gasteiger partial charge in [0.2, 0.25) is 0 Å². The number of hydrogen-bond acceptors (Lipinski definition) is 3. The number of unbranched alkanes of at least 4 members (excludes halogenated alkanes) is 6. The fourth-order valence-electron chi connectivity index (χ4n) is 4.37. The molecule has 1 N–H and O–H groups in total. The van der Waals surface area contributed by atoms with Gasteiger partial charge < -0.3 is 14.7 Å². The zero-order chi connectivity index (χ0) is 26.1. The predicted octanol–water partition coefficient (Wildman–Crippen LogP) is 7.87. The lowest BCUT2D eigenvalue weighted by Crippen LogP contribution is -2.19. The standard InChI is InChI=1S/C34H43NO2/c1-35(2)26-28-37-32-24-22-31(23-25-32)34(30-19-13-10-14-20-30)33(29-17-11-9-12-18-29)21-15-7-5-3-4-6-8-16-27-36/h9-15,17-25,36H,3-8,16,26-28H2,1-2H3. The van der Waals surface area contributed by atoms with Crippen molar-refractivity contribution in [3.8, 4) is 5.75 Å². The van der Waals surface area contributed by atoms with Crippen LogP contribution in [0.15, 0.2) is 97.1 Å². The van der Waals surface area contributed by atoms with Crippen LogP contribution in [0.4, 0.5) is 0 Å². The predicted molar refractivity (Wildman–Crippen MR) is 158 cm³/mol. The van der Waals surface area contributed by atoms with Gasteiger partial charge in [-0.05, 0) is 73.3 Å². The Hall–Kier alpha value is -3.14. The highest BCUT2D eigenvalue weighted by Crippen LogP contribution is 2.34. The molecule has 0 unspecified atom stereocenters. The molecular weight excluding hydrogens is 454 g/mol. The Balaban J connectivity index is 1.86. The molecule has 0 fully saturated rings. The Labute approximate surface area is 224 Å². The fourth-order valence-corrected chi connectivity index (χ4v) is 4.37. The summed E-state index contributed by atoms with van der Waals surface area (Å²) in [5.41, 5.74) is 6.06. The SMILES string of the molecule is CN(C)CCOc1ccc(C(=C(C=CCCCCCCCCO)c2ccccc2)c2ccccc2)cc1. The van der Waals surface area contributed by atoms with E-state index in [9.17, 15) is 0 Å². The van der Waals surface area contributed by atoms with Crippen LogP contribution in [0.1, 0.15) is 61.6 Å². The third-order valence-electron chi connectivity index (χ3n) is 6.43. The minimum Gasteiger partial charge on any atom is -0.492 e. The van der Waals surface area contributed by atoms with Crippen molar-refractivity contribution in [2.75, 3.05) is 33.9 Å². The molecule has 0 aliphatic heterocycles. The summed E-state index contributed by atoms with van der Waals surface area (Å²) in [7, 11) is 4.11. The molecule has 3 aromatic carbocycles. The van der Waals surface area contributed by atoms with Crippen LogP contribution in [0.3, 0.4) is 0 Å². The smallest absolute Gasteiger partial charge is 0.119 e. The normalized spacial score (nSPS) is 12.2. The number of benzene rings is 3. The summed E-state index contributed by atoms with van der Waals surface area (Å²) in [5.74, 6) is 0.897. The van der Waals surface area contributed by atoms with Gasteiger partial charge in [0.25, 0.3) is 0 Å². The Morgan fingerprint density at radius 3 is 1.89 bits per heavy atom. The molecule has 3 heteroatoms. The number of hydrogen-bond donors (Lipinski definition) is 1. The van der Waals surface area contributed by atoms with Crippen LogP contribution in [0, 0.1) is 0 Å². The number of allylic oxidation sites excluding steroid dienone is 3. The first kappa shape index (κ1) is 28.4. The number of nitrogens with zero attached hydrogens (tertiary/aromatic N) is 1. The minimum absolute atomic E-state index is 0.313. The van der Waals surface area contributed by atoms with E-state index in [1.807, 2.05) is 0 Å². The van der Waals surface area contributed by atoms with Gasteiger partial charge >= 0.3 is 0 Å². The van der Waals surface area contributed by atoms with E-state index in [2.05, 4.69) is 116 Å². The molecule has 3 aromatic rings. The molecule has 0 saturated carbocycles. The lowest BCUT2D eigenvalue weighted by molar-refractivity contribution is 0.261. The van der Waals surface area contributed by atoms with Crippen LogP contribution in [-0.2, 0) is 0 Å². The fraction of sp³-hybridized carbons (Fsp3) is 0.353. The van der Waals surface area contributed by atoms with Crippen molar-refractivity contribution in [1.29, 1.82) is 0 Å². The molecule has 0 radical (unpaired) electrons. The van der Waals surface area contributed by atoms with Gasteiger partial charge in [0.15, 0.2) is 0 Å². The van der Waals surface area contributed by atoms with E-state index in [4.69, 9.17) is 9.84 Å². The average molecular weight is 498 g/mol. The molecule has 37 heavy (non-hydrogen) atoms. The monoisotopic (exact) mass is 497 g/mol. The van der Waals surface area contributed by atoms with Gasteiger partial charge in [0.1, 0.15) is 12.4 Å². The van der Waals surface area contributed by atoms with E-state index in [0.717, 1.165) is 31.6 Å². The summed E-state index contributed by atoms with van der Waals surface area (Å²) >= 11 is 0. The molecule has 0 saturated heterocycles. The molecule has 3 nitrogen and oxygen atoms in total. The lowest BCUT2D eigenvalue weighted by atomic mass is 9.89. The maximum absolute atomic E-state index is 8.94. The zero-order valence-electron chi connectivity index (χ0n) is 22.6. The topological polar surface area (TPSA) is 32.7 Å². The summed E-state index contributed by atoms with van der Waals surface area (Å²) in [4.78, 5) is 2.13. The Morgan fingerprint density at radius 2 is 1.27 bits per heavy atom. The Bertz CT molecular complexity index is 1070. The molecule has 0 aromatic heterocycles. The first-order chi connectivity index (χ1) is 18.2. The highest BCUT2D eigenvalue weighted by Gasteiger charge is 2.12. The van der Waals surface area contributed by atoms with E-state index in [-0.39, 0.29) is 0 Å². The lowest BCUT2D eigenvalue weighted by Gasteiger charge is -2.16. The van der Waals surface area contributed by atoms with Crippen molar-refractivity contribution in [1.82, 2.24) is 4.90 Å². The third kappa shape index (κ3) is 10.0. The molecular formula is C34H43NO2. The number of ether oxygens (including phenoxy) is 1. The first-order valence-electron chi connectivity index (χ1n) is 13.7. The maximum Gasteiger partial charge on any atom is 0.119 e. The molecule has 0 bridgehead atoms. The van der Waals surface area contributed by atoms with Crippen molar-refractivity contribution in [2.24, 2.45) is 0 Å². The van der Waals surface area contributed by atoms with Gasteiger partial charge in [-0.2, -0.15) is 0 Å². The quantitative estimate of drug-likeness (QED) is 0.124. The summed E-state index contributed by atoms with van der Waals surface area (Å²) in [6.45, 7) is 1.88. The van der Waals surface area contributed by atoms with Crippen LogP contribution in [0.25, 0.3) is 11.1 Å². The molecule has 0 aliphatic rings. The highest BCUT2D eigenvalue weighted by molar-refractivity contribution is 6.02. The molecule has 0 heterocycles. The molecule has 0 atom stereocenters. The second-order valence-corrected chi connectivity index (χ2v) is 9.73. The van der Waals surface area contributed by atoms with Crippen LogP contribution in [-0.4, -0.2) is 43.9 Å². The van der Waals surface area contributed by atoms with E-state index < -0.39 is 0 Å². The number of likely N-dealkylation sites (N-methyl/N-ethyl adjacent to an activating group) is 1. The Kier molecular flexibility index (Phi) is 12.7. The largest absolute Gasteiger partial charge is 0.492 e.